The van der Waals surface area contributed by atoms with Gasteiger partial charge in [0, 0.05) is 17.1 Å². The number of hydrogen-bond acceptors (Lipinski definition) is 4. The minimum Gasteiger partial charge on any atom is -0.326 e. The highest BCUT2D eigenvalue weighted by atomic mass is 35.5. The second kappa shape index (κ2) is 7.31. The minimum absolute atomic E-state index is 0.0279. The lowest BCUT2D eigenvalue weighted by molar-refractivity contribution is -0.122. The van der Waals surface area contributed by atoms with Gasteiger partial charge in [0.05, 0.1) is 5.54 Å². The molecule has 1 aromatic rings. The Morgan fingerprint density at radius 3 is 2.52 bits per heavy atom. The van der Waals surface area contributed by atoms with Gasteiger partial charge in [-0.3, -0.25) is 14.6 Å². The van der Waals surface area contributed by atoms with Crippen molar-refractivity contribution in [3.8, 4) is 0 Å². The van der Waals surface area contributed by atoms with E-state index in [1.54, 1.807) is 6.07 Å². The Labute approximate surface area is 180 Å². The Morgan fingerprint density at radius 2 is 1.90 bits per heavy atom. The summed E-state index contributed by atoms with van der Waals surface area (Å²) in [5.41, 5.74) is 1.64. The number of hydrogen-bond donors (Lipinski definition) is 2. The fourth-order valence-corrected chi connectivity index (χ4v) is 7.32. The van der Waals surface area contributed by atoms with E-state index in [1.165, 1.54) is 50.3 Å². The summed E-state index contributed by atoms with van der Waals surface area (Å²) < 4.78 is 0. The van der Waals surface area contributed by atoms with Crippen LogP contribution in [0.2, 0.25) is 5.02 Å². The van der Waals surface area contributed by atoms with Crippen LogP contribution in [-0.4, -0.2) is 27.8 Å². The highest BCUT2D eigenvalue weighted by Gasteiger charge is 2.51. The monoisotopic (exact) mass is 431 g/mol. The van der Waals surface area contributed by atoms with E-state index in [-0.39, 0.29) is 23.8 Å². The first-order chi connectivity index (χ1) is 13.9. The zero-order valence-electron chi connectivity index (χ0n) is 16.5. The number of halogens is 1. The van der Waals surface area contributed by atoms with Gasteiger partial charge in [-0.2, -0.15) is 0 Å². The average Bonchev–Trinajstić information content (AvgIpc) is 2.95. The summed E-state index contributed by atoms with van der Waals surface area (Å²) in [5.74, 6) is 2.14. The largest absolute Gasteiger partial charge is 0.326 e. The normalized spacial score (nSPS) is 36.5. The van der Waals surface area contributed by atoms with Gasteiger partial charge in [-0.25, -0.2) is 0 Å². The Kier molecular flexibility index (Phi) is 4.90. The Morgan fingerprint density at radius 1 is 1.24 bits per heavy atom. The molecule has 1 saturated heterocycles. The quantitative estimate of drug-likeness (QED) is 0.735. The smallest absolute Gasteiger partial charge is 0.240 e. The lowest BCUT2D eigenvalue weighted by Crippen LogP contribution is -2.50. The number of amides is 2. The molecule has 1 aliphatic heterocycles. The number of aliphatic imine (C=N–C) groups is 1. The molecule has 0 radical (unpaired) electrons. The van der Waals surface area contributed by atoms with Crippen LogP contribution in [0.15, 0.2) is 23.2 Å². The van der Waals surface area contributed by atoms with Crippen molar-refractivity contribution in [2.45, 2.75) is 62.7 Å². The van der Waals surface area contributed by atoms with Crippen LogP contribution in [0.25, 0.3) is 0 Å². The molecular weight excluding hydrogens is 406 g/mol. The summed E-state index contributed by atoms with van der Waals surface area (Å²) in [6.07, 6.45) is 7.73. The molecule has 6 rings (SSSR count). The van der Waals surface area contributed by atoms with Crippen LogP contribution in [0.3, 0.4) is 0 Å². The summed E-state index contributed by atoms with van der Waals surface area (Å²) in [5, 5.41) is 6.68. The third-order valence-corrected chi connectivity index (χ3v) is 8.44. The third kappa shape index (κ3) is 3.93. The lowest BCUT2D eigenvalue weighted by Gasteiger charge is -2.55. The van der Waals surface area contributed by atoms with Gasteiger partial charge in [0.25, 0.3) is 0 Å². The second-order valence-corrected chi connectivity index (χ2v) is 11.0. The number of rotatable bonds is 4. The first-order valence-electron chi connectivity index (χ1n) is 10.5. The van der Waals surface area contributed by atoms with Gasteiger partial charge in [0.1, 0.15) is 5.25 Å². The van der Waals surface area contributed by atoms with Crippen molar-refractivity contribution in [2.75, 3.05) is 5.32 Å². The SMILES string of the molecule is Cc1ccc(NC(=O)CC2SC(=NC34CC5CC(CC(C5)C3)C4)NC2=O)cc1Cl. The number of aryl methyl sites for hydroxylation is 1. The third-order valence-electron chi connectivity index (χ3n) is 6.95. The highest BCUT2D eigenvalue weighted by Crippen LogP contribution is 2.57. The van der Waals surface area contributed by atoms with Crippen molar-refractivity contribution in [3.05, 3.63) is 28.8 Å². The molecule has 1 aromatic carbocycles. The van der Waals surface area contributed by atoms with Gasteiger partial charge < -0.3 is 10.6 Å². The number of nitrogens with zero attached hydrogens (tertiary/aromatic N) is 1. The molecule has 1 atom stereocenters. The zero-order valence-corrected chi connectivity index (χ0v) is 18.1. The van der Waals surface area contributed by atoms with E-state index in [0.717, 1.165) is 23.3 Å². The molecular formula is C22H26ClN3O2S. The minimum atomic E-state index is -0.427. The number of thioether (sulfide) groups is 1. The first-order valence-corrected chi connectivity index (χ1v) is 11.8. The maximum Gasteiger partial charge on any atom is 0.240 e. The van der Waals surface area contributed by atoms with Crippen LogP contribution in [-0.2, 0) is 9.59 Å². The molecule has 29 heavy (non-hydrogen) atoms. The fraction of sp³-hybridized carbons (Fsp3) is 0.591. The number of amidine groups is 1. The van der Waals surface area contributed by atoms with Gasteiger partial charge in [-0.15, -0.1) is 0 Å². The second-order valence-electron chi connectivity index (χ2n) is 9.37. The number of benzene rings is 1. The van der Waals surface area contributed by atoms with E-state index in [0.29, 0.717) is 15.9 Å². The predicted octanol–water partition coefficient (Wildman–Crippen LogP) is 4.53. The van der Waals surface area contributed by atoms with Gasteiger partial charge in [0.15, 0.2) is 5.17 Å². The summed E-state index contributed by atoms with van der Waals surface area (Å²) >= 11 is 7.54. The Balaban J connectivity index is 1.23. The van der Waals surface area contributed by atoms with Gasteiger partial charge in [-0.05, 0) is 80.9 Å². The van der Waals surface area contributed by atoms with Gasteiger partial charge in [0.2, 0.25) is 11.8 Å². The van der Waals surface area contributed by atoms with Crippen LogP contribution in [0.4, 0.5) is 5.69 Å². The van der Waals surface area contributed by atoms with Crippen LogP contribution in [0, 0.1) is 24.7 Å². The molecule has 154 valence electrons. The summed E-state index contributed by atoms with van der Waals surface area (Å²) in [6.45, 7) is 1.91. The van der Waals surface area contributed by atoms with Crippen molar-refractivity contribution >= 4 is 46.0 Å². The molecule has 0 spiro atoms. The summed E-state index contributed by atoms with van der Waals surface area (Å²) in [4.78, 5) is 30.0. The van der Waals surface area contributed by atoms with Crippen molar-refractivity contribution in [1.82, 2.24) is 5.32 Å². The van der Waals surface area contributed by atoms with Gasteiger partial charge in [-0.1, -0.05) is 29.4 Å². The van der Waals surface area contributed by atoms with E-state index >= 15 is 0 Å². The molecule has 5 nitrogen and oxygen atoms in total. The van der Waals surface area contributed by atoms with Gasteiger partial charge >= 0.3 is 0 Å². The van der Waals surface area contributed by atoms with E-state index < -0.39 is 5.25 Å². The molecule has 4 aliphatic carbocycles. The van der Waals surface area contributed by atoms with E-state index in [1.807, 2.05) is 19.1 Å². The molecule has 5 fully saturated rings. The van der Waals surface area contributed by atoms with Crippen molar-refractivity contribution in [1.29, 1.82) is 0 Å². The maximum absolute atomic E-state index is 12.4. The maximum atomic E-state index is 12.4. The molecule has 1 unspecified atom stereocenters. The first kappa shape index (κ1) is 19.4. The zero-order chi connectivity index (χ0) is 20.2. The van der Waals surface area contributed by atoms with E-state index in [4.69, 9.17) is 16.6 Å². The van der Waals surface area contributed by atoms with Crippen LogP contribution in [0.5, 0.6) is 0 Å². The summed E-state index contributed by atoms with van der Waals surface area (Å²) in [6, 6.07) is 5.42. The number of anilines is 1. The van der Waals surface area contributed by atoms with Crippen LogP contribution in [0.1, 0.15) is 50.5 Å². The topological polar surface area (TPSA) is 70.6 Å². The number of nitrogens with one attached hydrogen (secondary N) is 2. The van der Waals surface area contributed by atoms with Crippen LogP contribution < -0.4 is 10.6 Å². The Hall–Kier alpha value is -1.53. The molecule has 2 N–H and O–H groups in total. The van der Waals surface area contributed by atoms with Crippen molar-refractivity contribution in [3.63, 3.8) is 0 Å². The molecule has 7 heteroatoms. The van der Waals surface area contributed by atoms with Crippen molar-refractivity contribution < 1.29 is 9.59 Å². The molecule has 4 saturated carbocycles. The molecule has 2 amide bonds. The van der Waals surface area contributed by atoms with E-state index in [2.05, 4.69) is 10.6 Å². The number of carbonyl (C=O) groups is 2. The molecule has 4 bridgehead atoms. The van der Waals surface area contributed by atoms with Crippen molar-refractivity contribution in [2.24, 2.45) is 22.7 Å². The standard InChI is InChI=1S/C22H26ClN3O2S/c1-12-2-3-16(7-17(12)23)24-19(27)8-18-20(28)25-21(29-18)26-22-9-13-4-14(10-22)6-15(5-13)11-22/h2-3,7,13-15,18H,4-6,8-11H2,1H3,(H,24,27)(H,25,26,28). The van der Waals surface area contributed by atoms with E-state index in [9.17, 15) is 9.59 Å². The summed E-state index contributed by atoms with van der Waals surface area (Å²) in [7, 11) is 0. The van der Waals surface area contributed by atoms with Crippen LogP contribution >= 0.6 is 23.4 Å². The fourth-order valence-electron chi connectivity index (χ4n) is 6.06. The molecule has 5 aliphatic rings. The highest BCUT2D eigenvalue weighted by molar-refractivity contribution is 8.15. The number of carbonyl (C=O) groups excluding carboxylic acids is 2. The molecule has 0 aromatic heterocycles. The average molecular weight is 432 g/mol. The lowest BCUT2D eigenvalue weighted by atomic mass is 9.53. The molecule has 1 heterocycles. The predicted molar refractivity (Wildman–Crippen MR) is 117 cm³/mol. The Bertz CT molecular complexity index is 865.